The van der Waals surface area contributed by atoms with E-state index in [1.54, 1.807) is 7.11 Å². The number of nitrogens with zero attached hydrogens (tertiary/aromatic N) is 1. The molecule has 0 aliphatic carbocycles. The number of rotatable bonds is 4. The summed E-state index contributed by atoms with van der Waals surface area (Å²) in [6.07, 6.45) is 0.915. The fourth-order valence-electron chi connectivity index (χ4n) is 2.66. The summed E-state index contributed by atoms with van der Waals surface area (Å²) < 4.78 is 7.51. The zero-order valence-corrected chi connectivity index (χ0v) is 11.2. The summed E-state index contributed by atoms with van der Waals surface area (Å²) in [6.45, 7) is 4.84. The number of aromatic nitrogens is 1. The number of benzene rings is 1. The Hall–Kier alpha value is -1.68. The molecule has 98 valence electrons. The summed E-state index contributed by atoms with van der Waals surface area (Å²) in [5, 5.41) is 10.3. The molecule has 0 amide bonds. The summed E-state index contributed by atoms with van der Waals surface area (Å²) >= 11 is 0. The molecule has 2 rings (SSSR count). The molecule has 3 N–H and O–H groups in total. The number of nitrogen functional groups attached to an aromatic ring is 1. The highest BCUT2D eigenvalue weighted by Gasteiger charge is 2.18. The SMILES string of the molecule is CCc1c(C)n(CCO)c2c(OC)ccc(N)c12. The van der Waals surface area contributed by atoms with Gasteiger partial charge in [0.1, 0.15) is 5.75 Å². The normalized spacial score (nSPS) is 11.1. The van der Waals surface area contributed by atoms with E-state index in [0.717, 1.165) is 34.5 Å². The predicted octanol–water partition coefficient (Wildman–Crippen LogP) is 2.10. The number of nitrogens with two attached hydrogens (primary N) is 1. The van der Waals surface area contributed by atoms with Crippen molar-refractivity contribution in [2.45, 2.75) is 26.8 Å². The third-order valence-corrected chi connectivity index (χ3v) is 3.48. The fraction of sp³-hybridized carbons (Fsp3) is 0.429. The van der Waals surface area contributed by atoms with Crippen LogP contribution in [0.5, 0.6) is 5.75 Å². The molecule has 4 nitrogen and oxygen atoms in total. The van der Waals surface area contributed by atoms with Crippen molar-refractivity contribution < 1.29 is 9.84 Å². The Morgan fingerprint density at radius 3 is 2.67 bits per heavy atom. The molecule has 2 aromatic rings. The minimum absolute atomic E-state index is 0.103. The average molecular weight is 248 g/mol. The van der Waals surface area contributed by atoms with Gasteiger partial charge in [-0.3, -0.25) is 0 Å². The van der Waals surface area contributed by atoms with Crippen LogP contribution in [0.1, 0.15) is 18.2 Å². The number of methoxy groups -OCH3 is 1. The lowest BCUT2D eigenvalue weighted by Gasteiger charge is -2.10. The van der Waals surface area contributed by atoms with Crippen molar-refractivity contribution in [1.29, 1.82) is 0 Å². The first-order valence-corrected chi connectivity index (χ1v) is 6.20. The smallest absolute Gasteiger partial charge is 0.143 e. The number of anilines is 1. The number of aryl methyl sites for hydroxylation is 1. The van der Waals surface area contributed by atoms with Crippen LogP contribution in [0.2, 0.25) is 0 Å². The largest absolute Gasteiger partial charge is 0.495 e. The quantitative estimate of drug-likeness (QED) is 0.814. The second kappa shape index (κ2) is 4.90. The highest BCUT2D eigenvalue weighted by atomic mass is 16.5. The van der Waals surface area contributed by atoms with Gasteiger partial charge in [-0.15, -0.1) is 0 Å². The number of ether oxygens (including phenoxy) is 1. The van der Waals surface area contributed by atoms with E-state index in [1.165, 1.54) is 5.56 Å². The molecule has 0 fully saturated rings. The van der Waals surface area contributed by atoms with Gasteiger partial charge < -0.3 is 20.1 Å². The van der Waals surface area contributed by atoms with Crippen molar-refractivity contribution in [1.82, 2.24) is 4.57 Å². The molecule has 0 saturated heterocycles. The molecule has 0 spiro atoms. The first-order valence-electron chi connectivity index (χ1n) is 6.20. The van der Waals surface area contributed by atoms with Crippen LogP contribution in [0.25, 0.3) is 10.9 Å². The van der Waals surface area contributed by atoms with Crippen LogP contribution in [0.15, 0.2) is 12.1 Å². The number of aliphatic hydroxyl groups excluding tert-OH is 1. The molecule has 0 aliphatic rings. The molecule has 0 saturated carbocycles. The average Bonchev–Trinajstić information content (AvgIpc) is 2.65. The lowest BCUT2D eigenvalue weighted by molar-refractivity contribution is 0.276. The van der Waals surface area contributed by atoms with Crippen molar-refractivity contribution in [3.8, 4) is 5.75 Å². The number of fused-ring (bicyclic) bond motifs is 1. The Labute approximate surface area is 107 Å². The highest BCUT2D eigenvalue weighted by molar-refractivity contribution is 5.99. The van der Waals surface area contributed by atoms with E-state index in [1.807, 2.05) is 12.1 Å². The van der Waals surface area contributed by atoms with Crippen LogP contribution in [-0.4, -0.2) is 23.4 Å². The molecule has 18 heavy (non-hydrogen) atoms. The Bertz CT molecular complexity index is 573. The van der Waals surface area contributed by atoms with Gasteiger partial charge in [-0.2, -0.15) is 0 Å². The molecule has 1 aromatic heterocycles. The predicted molar refractivity (Wildman–Crippen MR) is 74.1 cm³/mol. The van der Waals surface area contributed by atoms with Crippen molar-refractivity contribution in [2.75, 3.05) is 19.5 Å². The van der Waals surface area contributed by atoms with Gasteiger partial charge in [-0.1, -0.05) is 6.92 Å². The van der Waals surface area contributed by atoms with Gasteiger partial charge in [0.15, 0.2) is 0 Å². The van der Waals surface area contributed by atoms with Crippen molar-refractivity contribution in [3.63, 3.8) is 0 Å². The van der Waals surface area contributed by atoms with E-state index in [0.29, 0.717) is 6.54 Å². The Morgan fingerprint density at radius 2 is 2.11 bits per heavy atom. The molecular formula is C14H20N2O2. The van der Waals surface area contributed by atoms with E-state index >= 15 is 0 Å². The first-order chi connectivity index (χ1) is 8.65. The third-order valence-electron chi connectivity index (χ3n) is 3.48. The third kappa shape index (κ3) is 1.73. The second-order valence-electron chi connectivity index (χ2n) is 4.37. The van der Waals surface area contributed by atoms with Crippen LogP contribution in [-0.2, 0) is 13.0 Å². The zero-order valence-electron chi connectivity index (χ0n) is 11.2. The molecule has 1 aromatic carbocycles. The minimum Gasteiger partial charge on any atom is -0.495 e. The molecule has 0 unspecified atom stereocenters. The molecule has 0 aliphatic heterocycles. The van der Waals surface area contributed by atoms with E-state index in [9.17, 15) is 5.11 Å². The van der Waals surface area contributed by atoms with E-state index in [-0.39, 0.29) is 6.61 Å². The summed E-state index contributed by atoms with van der Waals surface area (Å²) in [4.78, 5) is 0. The summed E-state index contributed by atoms with van der Waals surface area (Å²) in [6, 6.07) is 3.76. The topological polar surface area (TPSA) is 60.4 Å². The van der Waals surface area contributed by atoms with Gasteiger partial charge in [0.05, 0.1) is 19.2 Å². The molecule has 0 atom stereocenters. The Kier molecular flexibility index (Phi) is 3.48. The van der Waals surface area contributed by atoms with Crippen LogP contribution in [0.4, 0.5) is 5.69 Å². The van der Waals surface area contributed by atoms with Gasteiger partial charge in [0, 0.05) is 23.3 Å². The van der Waals surface area contributed by atoms with Crippen LogP contribution < -0.4 is 10.5 Å². The highest BCUT2D eigenvalue weighted by Crippen LogP contribution is 2.36. The van der Waals surface area contributed by atoms with Crippen LogP contribution in [0, 0.1) is 6.92 Å². The molecular weight excluding hydrogens is 228 g/mol. The van der Waals surface area contributed by atoms with Gasteiger partial charge in [0.2, 0.25) is 0 Å². The number of hydrogen-bond acceptors (Lipinski definition) is 3. The first kappa shape index (κ1) is 12.8. The summed E-state index contributed by atoms with van der Waals surface area (Å²) in [7, 11) is 1.65. The molecule has 4 heteroatoms. The second-order valence-corrected chi connectivity index (χ2v) is 4.37. The van der Waals surface area contributed by atoms with Crippen LogP contribution >= 0.6 is 0 Å². The molecule has 0 bridgehead atoms. The molecule has 0 radical (unpaired) electrons. The maximum Gasteiger partial charge on any atom is 0.143 e. The number of hydrogen-bond donors (Lipinski definition) is 2. The molecule has 1 heterocycles. The van der Waals surface area contributed by atoms with Crippen molar-refractivity contribution in [3.05, 3.63) is 23.4 Å². The van der Waals surface area contributed by atoms with Gasteiger partial charge >= 0.3 is 0 Å². The van der Waals surface area contributed by atoms with E-state index < -0.39 is 0 Å². The van der Waals surface area contributed by atoms with Gasteiger partial charge in [-0.25, -0.2) is 0 Å². The monoisotopic (exact) mass is 248 g/mol. The number of aliphatic hydroxyl groups is 1. The van der Waals surface area contributed by atoms with Crippen molar-refractivity contribution in [2.24, 2.45) is 0 Å². The minimum atomic E-state index is 0.103. The summed E-state index contributed by atoms with van der Waals surface area (Å²) in [5.41, 5.74) is 10.2. The zero-order chi connectivity index (χ0) is 13.3. The summed E-state index contributed by atoms with van der Waals surface area (Å²) in [5.74, 6) is 0.801. The van der Waals surface area contributed by atoms with Crippen LogP contribution in [0.3, 0.4) is 0 Å². The maximum absolute atomic E-state index is 9.23. The lowest BCUT2D eigenvalue weighted by atomic mass is 10.1. The Morgan fingerprint density at radius 1 is 1.39 bits per heavy atom. The maximum atomic E-state index is 9.23. The van der Waals surface area contributed by atoms with E-state index in [4.69, 9.17) is 10.5 Å². The standard InChI is InChI=1S/C14H20N2O2/c1-4-10-9(2)16(7-8-17)14-12(18-3)6-5-11(15)13(10)14/h5-6,17H,4,7-8,15H2,1-3H3. The van der Waals surface area contributed by atoms with Crippen molar-refractivity contribution >= 4 is 16.6 Å². The van der Waals surface area contributed by atoms with E-state index in [2.05, 4.69) is 18.4 Å². The van der Waals surface area contributed by atoms with Gasteiger partial charge in [-0.05, 0) is 31.0 Å². The van der Waals surface area contributed by atoms with Gasteiger partial charge in [0.25, 0.3) is 0 Å². The Balaban J connectivity index is 2.89. The fourth-order valence-corrected chi connectivity index (χ4v) is 2.66. The lowest BCUT2D eigenvalue weighted by Crippen LogP contribution is -2.05.